The second-order valence-electron chi connectivity index (χ2n) is 7.23. The summed E-state index contributed by atoms with van der Waals surface area (Å²) in [5, 5.41) is 28.9. The molecule has 14 heteroatoms. The highest BCUT2D eigenvalue weighted by Crippen LogP contribution is 2.18. The number of carbonyl (C=O) groups is 2. The van der Waals surface area contributed by atoms with Gasteiger partial charge in [-0.05, 0) is 28.5 Å². The van der Waals surface area contributed by atoms with Gasteiger partial charge < -0.3 is 39.3 Å². The third kappa shape index (κ3) is 8.81. The van der Waals surface area contributed by atoms with E-state index in [9.17, 15) is 19.8 Å². The molecule has 0 atom stereocenters. The summed E-state index contributed by atoms with van der Waals surface area (Å²) in [4.78, 5) is 28.5. The Bertz CT molecular complexity index is 1080. The van der Waals surface area contributed by atoms with E-state index in [1.165, 1.54) is 12.1 Å². The van der Waals surface area contributed by atoms with Crippen molar-refractivity contribution in [3.05, 3.63) is 35.9 Å². The van der Waals surface area contributed by atoms with Gasteiger partial charge in [0.05, 0.1) is 59.3 Å². The van der Waals surface area contributed by atoms with Gasteiger partial charge in [0.15, 0.2) is 0 Å². The molecule has 0 saturated carbocycles. The van der Waals surface area contributed by atoms with Gasteiger partial charge in [-0.3, -0.25) is 4.79 Å². The number of aromatic hydroxyl groups is 2. The van der Waals surface area contributed by atoms with Gasteiger partial charge in [0.25, 0.3) is 5.91 Å². The van der Waals surface area contributed by atoms with Gasteiger partial charge >= 0.3 is 5.97 Å². The Labute approximate surface area is 205 Å². The van der Waals surface area contributed by atoms with Crippen LogP contribution >= 0.6 is 0 Å². The molecule has 3 aromatic rings. The molecule has 0 aliphatic heterocycles. The van der Waals surface area contributed by atoms with E-state index < -0.39 is 5.97 Å². The number of ether oxygens (including phenoxy) is 4. The van der Waals surface area contributed by atoms with Crippen LogP contribution in [0.2, 0.25) is 0 Å². The van der Waals surface area contributed by atoms with Crippen molar-refractivity contribution < 1.29 is 48.2 Å². The molecule has 14 nitrogen and oxygen atoms in total. The Morgan fingerprint density at radius 2 is 1.39 bits per heavy atom. The van der Waals surface area contributed by atoms with Crippen LogP contribution in [-0.4, -0.2) is 96.5 Å². The molecule has 0 unspecified atom stereocenters. The second kappa shape index (κ2) is 14.6. The number of fused-ring (bicyclic) bond motifs is 1. The Hall–Kier alpha value is -3.72. The molecule has 2 heterocycles. The average Bonchev–Trinajstić information content (AvgIpc) is 3.47. The van der Waals surface area contributed by atoms with Crippen LogP contribution < -0.4 is 10.2 Å². The lowest BCUT2D eigenvalue weighted by Crippen LogP contribution is -2.27. The lowest BCUT2D eigenvalue weighted by molar-refractivity contribution is -0.146. The quantitative estimate of drug-likeness (QED) is 0.213. The fourth-order valence-electron chi connectivity index (χ4n) is 2.82. The highest BCUT2D eigenvalue weighted by Gasteiger charge is 2.12. The van der Waals surface area contributed by atoms with Crippen molar-refractivity contribution in [3.63, 3.8) is 0 Å². The van der Waals surface area contributed by atoms with E-state index in [1.54, 1.807) is 18.2 Å². The maximum Gasteiger partial charge on any atom is 0.335 e. The van der Waals surface area contributed by atoms with Crippen molar-refractivity contribution in [1.82, 2.24) is 20.4 Å². The number of nitrogens with zero attached hydrogens (tertiary/aromatic N) is 3. The standard InChI is InChI=1S/C22H28N4O10/c27-19-3-4-20(28)26(19)35-21(29)5-7-31-9-11-33-13-14-34-12-10-32-8-6-23-22(30)16-1-2-17-18(15-16)25-36-24-17/h1-4,15,27-28H,5-14H2,(H,23,30). The molecular weight excluding hydrogens is 480 g/mol. The van der Waals surface area contributed by atoms with Crippen molar-refractivity contribution in [2.45, 2.75) is 6.42 Å². The highest BCUT2D eigenvalue weighted by molar-refractivity contribution is 5.97. The van der Waals surface area contributed by atoms with E-state index in [1.807, 2.05) is 0 Å². The molecule has 1 aromatic carbocycles. The molecule has 0 bridgehead atoms. The van der Waals surface area contributed by atoms with E-state index in [4.69, 9.17) is 23.8 Å². The lowest BCUT2D eigenvalue weighted by Gasteiger charge is -2.09. The summed E-state index contributed by atoms with van der Waals surface area (Å²) in [7, 11) is 0. The van der Waals surface area contributed by atoms with Gasteiger partial charge in [0.1, 0.15) is 11.0 Å². The first-order chi connectivity index (χ1) is 17.5. The largest absolute Gasteiger partial charge is 0.492 e. The average molecular weight is 508 g/mol. The van der Waals surface area contributed by atoms with Crippen molar-refractivity contribution in [2.75, 3.05) is 59.4 Å². The van der Waals surface area contributed by atoms with E-state index in [0.29, 0.717) is 67.5 Å². The summed E-state index contributed by atoms with van der Waals surface area (Å²) in [6, 6.07) is 7.30. The first-order valence-electron chi connectivity index (χ1n) is 11.2. The van der Waals surface area contributed by atoms with Crippen molar-refractivity contribution in [1.29, 1.82) is 0 Å². The van der Waals surface area contributed by atoms with Crippen LogP contribution in [0.15, 0.2) is 35.0 Å². The molecule has 2 aromatic heterocycles. The fraction of sp³-hybridized carbons (Fsp3) is 0.455. The van der Waals surface area contributed by atoms with E-state index in [2.05, 4.69) is 20.3 Å². The van der Waals surface area contributed by atoms with Crippen molar-refractivity contribution in [3.8, 4) is 11.8 Å². The number of aromatic nitrogens is 3. The lowest BCUT2D eigenvalue weighted by atomic mass is 10.2. The zero-order chi connectivity index (χ0) is 25.6. The van der Waals surface area contributed by atoms with Crippen molar-refractivity contribution >= 4 is 22.9 Å². The molecule has 0 aliphatic rings. The van der Waals surface area contributed by atoms with E-state index in [-0.39, 0.29) is 37.3 Å². The molecule has 0 spiro atoms. The smallest absolute Gasteiger partial charge is 0.335 e. The summed E-state index contributed by atoms with van der Waals surface area (Å²) < 4.78 is 26.6. The van der Waals surface area contributed by atoms with Gasteiger partial charge in [0, 0.05) is 24.2 Å². The zero-order valence-corrected chi connectivity index (χ0v) is 19.5. The SMILES string of the molecule is O=C(CCOCCOCCOCCOCCNC(=O)c1ccc2nonc2c1)On1c(O)ccc1O. The van der Waals surface area contributed by atoms with Crippen LogP contribution in [-0.2, 0) is 23.7 Å². The van der Waals surface area contributed by atoms with E-state index >= 15 is 0 Å². The monoisotopic (exact) mass is 508 g/mol. The highest BCUT2D eigenvalue weighted by atomic mass is 16.7. The van der Waals surface area contributed by atoms with Crippen LogP contribution in [0.5, 0.6) is 11.8 Å². The number of amides is 1. The third-order valence-electron chi connectivity index (χ3n) is 4.61. The molecular formula is C22H28N4O10. The van der Waals surface area contributed by atoms with Crippen LogP contribution in [0.1, 0.15) is 16.8 Å². The number of benzene rings is 1. The molecule has 196 valence electrons. The third-order valence-corrected chi connectivity index (χ3v) is 4.61. The predicted octanol–water partition coefficient (Wildman–Crippen LogP) is 0.277. The first-order valence-corrected chi connectivity index (χ1v) is 11.2. The molecule has 3 N–H and O–H groups in total. The summed E-state index contributed by atoms with van der Waals surface area (Å²) in [6.07, 6.45) is -0.0555. The number of hydrogen-bond acceptors (Lipinski definition) is 12. The summed E-state index contributed by atoms with van der Waals surface area (Å²) >= 11 is 0. The zero-order valence-electron chi connectivity index (χ0n) is 19.5. The molecule has 1 amide bonds. The number of hydrogen-bond donors (Lipinski definition) is 3. The predicted molar refractivity (Wildman–Crippen MR) is 121 cm³/mol. The topological polar surface area (TPSA) is 177 Å². The Balaban J connectivity index is 1.07. The summed E-state index contributed by atoms with van der Waals surface area (Å²) in [6.45, 7) is 2.94. The Morgan fingerprint density at radius 3 is 2.06 bits per heavy atom. The summed E-state index contributed by atoms with van der Waals surface area (Å²) in [5.41, 5.74) is 1.57. The van der Waals surface area contributed by atoms with Crippen LogP contribution in [0, 0.1) is 0 Å². The van der Waals surface area contributed by atoms with Gasteiger partial charge in [-0.2, -0.15) is 0 Å². The second-order valence-corrected chi connectivity index (χ2v) is 7.23. The maximum atomic E-state index is 12.1. The van der Waals surface area contributed by atoms with Crippen LogP contribution in [0.25, 0.3) is 11.0 Å². The minimum atomic E-state index is -0.668. The number of rotatable bonds is 17. The van der Waals surface area contributed by atoms with Gasteiger partial charge in [-0.15, -0.1) is 4.73 Å². The molecule has 0 saturated heterocycles. The van der Waals surface area contributed by atoms with E-state index in [0.717, 1.165) is 0 Å². The minimum absolute atomic E-state index is 0.0555. The normalized spacial score (nSPS) is 11.1. The fourth-order valence-corrected chi connectivity index (χ4v) is 2.82. The summed E-state index contributed by atoms with van der Waals surface area (Å²) in [5.74, 6) is -1.68. The number of carbonyl (C=O) groups excluding carboxylic acids is 2. The minimum Gasteiger partial charge on any atom is -0.492 e. The van der Waals surface area contributed by atoms with Crippen LogP contribution in [0.3, 0.4) is 0 Å². The first kappa shape index (κ1) is 26.9. The maximum absolute atomic E-state index is 12.1. The Morgan fingerprint density at radius 1 is 0.806 bits per heavy atom. The molecule has 0 radical (unpaired) electrons. The van der Waals surface area contributed by atoms with Gasteiger partial charge in [-0.1, -0.05) is 0 Å². The van der Waals surface area contributed by atoms with Crippen LogP contribution in [0.4, 0.5) is 0 Å². The molecule has 0 aliphatic carbocycles. The molecule has 36 heavy (non-hydrogen) atoms. The van der Waals surface area contributed by atoms with Gasteiger partial charge in [-0.25, -0.2) is 9.42 Å². The Kier molecular flexibility index (Phi) is 10.9. The van der Waals surface area contributed by atoms with Gasteiger partial charge in [0.2, 0.25) is 11.8 Å². The number of nitrogens with one attached hydrogen (secondary N) is 1. The molecule has 0 fully saturated rings. The molecule has 3 rings (SSSR count). The van der Waals surface area contributed by atoms with Crippen molar-refractivity contribution in [2.24, 2.45) is 0 Å².